The molecule has 2 saturated heterocycles. The zero-order chi connectivity index (χ0) is 19.5. The van der Waals surface area contributed by atoms with Gasteiger partial charge in [-0.15, -0.1) is 0 Å². The average Bonchev–Trinajstić information content (AvgIpc) is 2.72. The van der Waals surface area contributed by atoms with E-state index >= 15 is 0 Å². The molecule has 150 valence electrons. The van der Waals surface area contributed by atoms with Crippen LogP contribution in [0.2, 0.25) is 0 Å². The van der Waals surface area contributed by atoms with Crippen molar-refractivity contribution in [2.75, 3.05) is 51.2 Å². The highest BCUT2D eigenvalue weighted by atomic mass is 16.2. The molecular formula is C23H32N4O. The highest BCUT2D eigenvalue weighted by Crippen LogP contribution is 2.31. The maximum absolute atomic E-state index is 12.6. The van der Waals surface area contributed by atoms with Crippen LogP contribution in [-0.2, 0) is 4.79 Å². The summed E-state index contributed by atoms with van der Waals surface area (Å²) in [4.78, 5) is 24.2. The maximum Gasteiger partial charge on any atom is 0.222 e. The van der Waals surface area contributed by atoms with Crippen molar-refractivity contribution in [2.45, 2.75) is 32.6 Å². The van der Waals surface area contributed by atoms with Gasteiger partial charge in [0.1, 0.15) is 0 Å². The van der Waals surface area contributed by atoms with Gasteiger partial charge in [0.25, 0.3) is 0 Å². The topological polar surface area (TPSA) is 39.7 Å². The lowest BCUT2D eigenvalue weighted by Crippen LogP contribution is -2.47. The van der Waals surface area contributed by atoms with E-state index in [9.17, 15) is 4.79 Å². The first kappa shape index (κ1) is 19.2. The van der Waals surface area contributed by atoms with Gasteiger partial charge in [-0.05, 0) is 51.3 Å². The number of aromatic nitrogens is 1. The van der Waals surface area contributed by atoms with Crippen LogP contribution in [0.1, 0.15) is 31.4 Å². The summed E-state index contributed by atoms with van der Waals surface area (Å²) in [6, 6.07) is 10.7. The predicted molar refractivity (Wildman–Crippen MR) is 115 cm³/mol. The number of hydrogen-bond acceptors (Lipinski definition) is 4. The van der Waals surface area contributed by atoms with Gasteiger partial charge in [-0.1, -0.05) is 18.2 Å². The van der Waals surface area contributed by atoms with Crippen molar-refractivity contribution in [3.05, 3.63) is 36.0 Å². The predicted octanol–water partition coefficient (Wildman–Crippen LogP) is 3.31. The van der Waals surface area contributed by atoms with Crippen LogP contribution in [0.25, 0.3) is 10.9 Å². The van der Waals surface area contributed by atoms with Crippen molar-refractivity contribution < 1.29 is 4.79 Å². The lowest BCUT2D eigenvalue weighted by atomic mass is 9.92. The highest BCUT2D eigenvalue weighted by Gasteiger charge is 2.24. The maximum atomic E-state index is 12.6. The van der Waals surface area contributed by atoms with Crippen molar-refractivity contribution in [1.82, 2.24) is 14.8 Å². The summed E-state index contributed by atoms with van der Waals surface area (Å²) >= 11 is 0. The van der Waals surface area contributed by atoms with Crippen molar-refractivity contribution >= 4 is 22.5 Å². The number of carbonyl (C=O) groups is 1. The molecule has 0 spiro atoms. The summed E-state index contributed by atoms with van der Waals surface area (Å²) < 4.78 is 0. The van der Waals surface area contributed by atoms with Gasteiger partial charge in [-0.25, -0.2) is 0 Å². The number of amides is 1. The van der Waals surface area contributed by atoms with E-state index in [0.717, 1.165) is 56.9 Å². The molecule has 28 heavy (non-hydrogen) atoms. The lowest BCUT2D eigenvalue weighted by Gasteiger charge is -2.36. The van der Waals surface area contributed by atoms with E-state index in [1.165, 1.54) is 23.9 Å². The largest absolute Gasteiger partial charge is 0.371 e. The van der Waals surface area contributed by atoms with Crippen LogP contribution in [0.4, 0.5) is 5.69 Å². The van der Waals surface area contributed by atoms with Gasteiger partial charge >= 0.3 is 0 Å². The molecule has 5 heteroatoms. The van der Waals surface area contributed by atoms with Crippen molar-refractivity contribution in [1.29, 1.82) is 0 Å². The lowest BCUT2D eigenvalue weighted by molar-refractivity contribution is -0.133. The Kier molecular flexibility index (Phi) is 5.81. The van der Waals surface area contributed by atoms with E-state index in [2.05, 4.69) is 64.0 Å². The van der Waals surface area contributed by atoms with E-state index in [4.69, 9.17) is 0 Å². The summed E-state index contributed by atoms with van der Waals surface area (Å²) in [6.45, 7) is 7.98. The second-order valence-electron chi connectivity index (χ2n) is 8.48. The number of aryl methyl sites for hydroxylation is 1. The first-order valence-corrected chi connectivity index (χ1v) is 10.7. The molecule has 0 bridgehead atoms. The minimum Gasteiger partial charge on any atom is -0.371 e. The zero-order valence-electron chi connectivity index (χ0n) is 17.2. The Morgan fingerprint density at radius 1 is 1.14 bits per heavy atom. The smallest absolute Gasteiger partial charge is 0.222 e. The molecule has 0 radical (unpaired) electrons. The normalized spacial score (nSPS) is 21.3. The number of pyridine rings is 1. The third kappa shape index (κ3) is 4.30. The number of anilines is 1. The molecule has 0 unspecified atom stereocenters. The highest BCUT2D eigenvalue weighted by molar-refractivity contribution is 5.92. The van der Waals surface area contributed by atoms with Crippen LogP contribution in [0, 0.1) is 12.8 Å². The standard InChI is InChI=1S/C23H32N4O/c1-18-16-22(20-7-3-4-8-21(20)24-18)27-11-5-6-19(17-27)9-10-23(28)26-14-12-25(2)13-15-26/h3-4,7-8,16,19H,5-6,9-15,17H2,1-2H3/t19-/m0/s1. The zero-order valence-corrected chi connectivity index (χ0v) is 17.2. The molecule has 0 N–H and O–H groups in total. The van der Waals surface area contributed by atoms with Gasteiger partial charge in [0.2, 0.25) is 5.91 Å². The molecule has 2 aliphatic rings. The fourth-order valence-corrected chi connectivity index (χ4v) is 4.61. The minimum atomic E-state index is 0.343. The van der Waals surface area contributed by atoms with Crippen LogP contribution in [-0.4, -0.2) is 67.0 Å². The van der Waals surface area contributed by atoms with E-state index in [1.807, 2.05) is 0 Å². The molecule has 2 aliphatic heterocycles. The number of carbonyl (C=O) groups excluding carboxylic acids is 1. The Balaban J connectivity index is 1.39. The monoisotopic (exact) mass is 380 g/mol. The number of likely N-dealkylation sites (N-methyl/N-ethyl adjacent to an activating group) is 1. The average molecular weight is 381 g/mol. The van der Waals surface area contributed by atoms with Crippen molar-refractivity contribution in [3.8, 4) is 0 Å². The Morgan fingerprint density at radius 3 is 2.75 bits per heavy atom. The third-order valence-electron chi connectivity index (χ3n) is 6.30. The quantitative estimate of drug-likeness (QED) is 0.816. The second kappa shape index (κ2) is 8.48. The van der Waals surface area contributed by atoms with E-state index < -0.39 is 0 Å². The van der Waals surface area contributed by atoms with Gasteiger partial charge in [-0.2, -0.15) is 0 Å². The molecule has 0 aliphatic carbocycles. The minimum absolute atomic E-state index is 0.343. The van der Waals surface area contributed by atoms with Gasteiger partial charge < -0.3 is 14.7 Å². The number of hydrogen-bond donors (Lipinski definition) is 0. The summed E-state index contributed by atoms with van der Waals surface area (Å²) in [5, 5.41) is 1.24. The molecular weight excluding hydrogens is 348 g/mol. The van der Waals surface area contributed by atoms with E-state index in [0.29, 0.717) is 18.2 Å². The van der Waals surface area contributed by atoms with Crippen LogP contribution in [0.5, 0.6) is 0 Å². The Hall–Kier alpha value is -2.14. The summed E-state index contributed by atoms with van der Waals surface area (Å²) in [6.07, 6.45) is 4.12. The fourth-order valence-electron chi connectivity index (χ4n) is 4.61. The summed E-state index contributed by atoms with van der Waals surface area (Å²) in [5.74, 6) is 0.938. The molecule has 2 fully saturated rings. The first-order valence-electron chi connectivity index (χ1n) is 10.7. The van der Waals surface area contributed by atoms with Crippen LogP contribution in [0.3, 0.4) is 0 Å². The Bertz CT molecular complexity index is 828. The van der Waals surface area contributed by atoms with Gasteiger partial charge in [0.05, 0.1) is 5.52 Å². The number of fused-ring (bicyclic) bond motifs is 1. The SMILES string of the molecule is Cc1cc(N2CCC[C@@H](CCC(=O)N3CCN(C)CC3)C2)c2ccccc2n1. The molecule has 1 amide bonds. The van der Waals surface area contributed by atoms with E-state index in [-0.39, 0.29) is 0 Å². The number of nitrogens with zero attached hydrogens (tertiary/aromatic N) is 4. The molecule has 2 aromatic rings. The number of benzene rings is 1. The van der Waals surface area contributed by atoms with Gasteiger partial charge in [-0.3, -0.25) is 9.78 Å². The van der Waals surface area contributed by atoms with Gasteiger partial charge in [0, 0.05) is 62.5 Å². The number of piperazine rings is 1. The Labute approximate surface area is 168 Å². The molecule has 1 atom stereocenters. The number of rotatable bonds is 4. The molecule has 3 heterocycles. The molecule has 4 rings (SSSR count). The fraction of sp³-hybridized carbons (Fsp3) is 0.565. The van der Waals surface area contributed by atoms with Crippen LogP contribution in [0.15, 0.2) is 30.3 Å². The molecule has 1 aromatic carbocycles. The van der Waals surface area contributed by atoms with Crippen LogP contribution >= 0.6 is 0 Å². The molecule has 5 nitrogen and oxygen atoms in total. The first-order chi connectivity index (χ1) is 13.6. The van der Waals surface area contributed by atoms with Crippen molar-refractivity contribution in [3.63, 3.8) is 0 Å². The van der Waals surface area contributed by atoms with Gasteiger partial charge in [0.15, 0.2) is 0 Å². The summed E-state index contributed by atoms with van der Waals surface area (Å²) in [7, 11) is 2.13. The van der Waals surface area contributed by atoms with Crippen molar-refractivity contribution in [2.24, 2.45) is 5.92 Å². The van der Waals surface area contributed by atoms with Crippen LogP contribution < -0.4 is 4.90 Å². The Morgan fingerprint density at radius 2 is 1.93 bits per heavy atom. The molecule has 1 aromatic heterocycles. The second-order valence-corrected chi connectivity index (χ2v) is 8.48. The third-order valence-corrected chi connectivity index (χ3v) is 6.30. The number of para-hydroxylation sites is 1. The number of piperidine rings is 1. The summed E-state index contributed by atoms with van der Waals surface area (Å²) in [5.41, 5.74) is 3.45. The van der Waals surface area contributed by atoms with E-state index in [1.54, 1.807) is 0 Å². The molecule has 0 saturated carbocycles.